The van der Waals surface area contributed by atoms with Gasteiger partial charge in [0.15, 0.2) is 0 Å². The fraction of sp³-hybridized carbons (Fsp3) is 0.200. The van der Waals surface area contributed by atoms with Crippen LogP contribution in [0.1, 0.15) is 51.4 Å². The summed E-state index contributed by atoms with van der Waals surface area (Å²) in [6, 6.07) is 16.9. The second kappa shape index (κ2) is 7.49. The van der Waals surface area contributed by atoms with Crippen molar-refractivity contribution in [2.45, 2.75) is 25.8 Å². The summed E-state index contributed by atoms with van der Waals surface area (Å²) in [6.07, 6.45) is 1.77. The molecule has 0 saturated carbocycles. The minimum Gasteiger partial charge on any atom is -0.366 e. The van der Waals surface area contributed by atoms with Crippen molar-refractivity contribution in [3.63, 3.8) is 0 Å². The van der Waals surface area contributed by atoms with E-state index >= 15 is 0 Å². The maximum Gasteiger partial charge on any atom is 0.261 e. The molecular formula is C20H20N2O2S. The van der Waals surface area contributed by atoms with Gasteiger partial charge in [-0.1, -0.05) is 43.7 Å². The Morgan fingerprint density at radius 1 is 1.12 bits per heavy atom. The highest BCUT2D eigenvalue weighted by Gasteiger charge is 2.17. The van der Waals surface area contributed by atoms with Crippen LogP contribution < -0.4 is 11.1 Å². The molecule has 5 heteroatoms. The van der Waals surface area contributed by atoms with E-state index in [4.69, 9.17) is 5.73 Å². The molecule has 2 amide bonds. The van der Waals surface area contributed by atoms with E-state index in [0.717, 1.165) is 28.5 Å². The number of benzene rings is 2. The van der Waals surface area contributed by atoms with Gasteiger partial charge in [0.25, 0.3) is 5.91 Å². The first-order valence-corrected chi connectivity index (χ1v) is 9.09. The monoisotopic (exact) mass is 352 g/mol. The molecule has 0 bridgehead atoms. The zero-order chi connectivity index (χ0) is 17.8. The average molecular weight is 352 g/mol. The number of carbonyl (C=O) groups excluding carboxylic acids is 2. The quantitative estimate of drug-likeness (QED) is 0.695. The lowest BCUT2D eigenvalue weighted by atomic mass is 10.0. The minimum absolute atomic E-state index is 0.0707. The summed E-state index contributed by atoms with van der Waals surface area (Å²) in [4.78, 5) is 24.6. The van der Waals surface area contributed by atoms with Gasteiger partial charge >= 0.3 is 0 Å². The molecule has 0 spiro atoms. The van der Waals surface area contributed by atoms with Gasteiger partial charge in [0.05, 0.1) is 10.9 Å². The van der Waals surface area contributed by atoms with E-state index in [1.807, 2.05) is 42.5 Å². The number of carbonyl (C=O) groups is 2. The standard InChI is InChI=1S/C20H20N2O2S/c1-2-5-16(13-8-10-14(11-9-13)19(21)23)22-20(24)18-12-15-6-3-4-7-17(15)25-18/h3-4,6-12,16H,2,5H2,1H3,(H2,21,23)(H,22,24). The van der Waals surface area contributed by atoms with Gasteiger partial charge in [-0.15, -0.1) is 11.3 Å². The molecular weight excluding hydrogens is 332 g/mol. The van der Waals surface area contributed by atoms with E-state index in [1.165, 1.54) is 11.3 Å². The topological polar surface area (TPSA) is 72.2 Å². The molecule has 0 saturated heterocycles. The summed E-state index contributed by atoms with van der Waals surface area (Å²) >= 11 is 1.49. The van der Waals surface area contributed by atoms with Crippen LogP contribution in [0.25, 0.3) is 10.1 Å². The Morgan fingerprint density at radius 3 is 2.48 bits per heavy atom. The van der Waals surface area contributed by atoms with Crippen LogP contribution >= 0.6 is 11.3 Å². The SMILES string of the molecule is CCCC(NC(=O)c1cc2ccccc2s1)c1ccc(C(N)=O)cc1. The second-order valence-electron chi connectivity index (χ2n) is 5.95. The zero-order valence-corrected chi connectivity index (χ0v) is 14.8. The number of nitrogens with two attached hydrogens (primary N) is 1. The lowest BCUT2D eigenvalue weighted by Crippen LogP contribution is -2.28. The zero-order valence-electron chi connectivity index (χ0n) is 14.0. The molecule has 0 aliphatic carbocycles. The first kappa shape index (κ1) is 17.2. The molecule has 3 rings (SSSR count). The number of primary amides is 1. The number of hydrogen-bond acceptors (Lipinski definition) is 3. The third-order valence-electron chi connectivity index (χ3n) is 4.13. The summed E-state index contributed by atoms with van der Waals surface area (Å²) in [7, 11) is 0. The van der Waals surface area contributed by atoms with E-state index < -0.39 is 5.91 Å². The lowest BCUT2D eigenvalue weighted by molar-refractivity contribution is 0.0937. The van der Waals surface area contributed by atoms with Gasteiger partial charge < -0.3 is 11.1 Å². The molecule has 0 radical (unpaired) electrons. The predicted molar refractivity (Wildman–Crippen MR) is 102 cm³/mol. The maximum absolute atomic E-state index is 12.7. The molecule has 25 heavy (non-hydrogen) atoms. The predicted octanol–water partition coefficient (Wildman–Crippen LogP) is 4.27. The summed E-state index contributed by atoms with van der Waals surface area (Å²) in [5.41, 5.74) is 6.73. The molecule has 4 nitrogen and oxygen atoms in total. The van der Waals surface area contributed by atoms with Crippen LogP contribution in [0.5, 0.6) is 0 Å². The molecule has 1 atom stereocenters. The van der Waals surface area contributed by atoms with Crippen LogP contribution in [0.15, 0.2) is 54.6 Å². The Hall–Kier alpha value is -2.66. The molecule has 0 fully saturated rings. The van der Waals surface area contributed by atoms with Gasteiger partial charge in [0.1, 0.15) is 0 Å². The van der Waals surface area contributed by atoms with Crippen LogP contribution in [0.2, 0.25) is 0 Å². The largest absolute Gasteiger partial charge is 0.366 e. The Balaban J connectivity index is 1.80. The van der Waals surface area contributed by atoms with Crippen molar-refractivity contribution >= 4 is 33.2 Å². The number of thiophene rings is 1. The van der Waals surface area contributed by atoms with Crippen molar-refractivity contribution in [2.24, 2.45) is 5.73 Å². The Labute approximate surface area is 150 Å². The fourth-order valence-electron chi connectivity index (χ4n) is 2.81. The third kappa shape index (κ3) is 3.88. The van der Waals surface area contributed by atoms with Crippen LogP contribution in [-0.4, -0.2) is 11.8 Å². The number of hydrogen-bond donors (Lipinski definition) is 2. The second-order valence-corrected chi connectivity index (χ2v) is 7.03. The van der Waals surface area contributed by atoms with E-state index in [9.17, 15) is 9.59 Å². The van der Waals surface area contributed by atoms with Gasteiger partial charge in [-0.25, -0.2) is 0 Å². The van der Waals surface area contributed by atoms with Crippen molar-refractivity contribution in [2.75, 3.05) is 0 Å². The van der Waals surface area contributed by atoms with Gasteiger partial charge in [-0.05, 0) is 41.6 Å². The van der Waals surface area contributed by atoms with Crippen LogP contribution in [0, 0.1) is 0 Å². The fourth-order valence-corrected chi connectivity index (χ4v) is 3.78. The average Bonchev–Trinajstić information content (AvgIpc) is 3.05. The third-order valence-corrected chi connectivity index (χ3v) is 5.24. The highest BCUT2D eigenvalue weighted by Crippen LogP contribution is 2.26. The van der Waals surface area contributed by atoms with Crippen molar-refractivity contribution in [3.05, 3.63) is 70.6 Å². The van der Waals surface area contributed by atoms with Crippen LogP contribution in [0.3, 0.4) is 0 Å². The first-order valence-electron chi connectivity index (χ1n) is 8.27. The molecule has 128 valence electrons. The minimum atomic E-state index is -0.451. The van der Waals surface area contributed by atoms with E-state index in [0.29, 0.717) is 10.4 Å². The number of amides is 2. The van der Waals surface area contributed by atoms with E-state index in [2.05, 4.69) is 12.2 Å². The lowest BCUT2D eigenvalue weighted by Gasteiger charge is -2.18. The summed E-state index contributed by atoms with van der Waals surface area (Å²) in [6.45, 7) is 2.08. The maximum atomic E-state index is 12.7. The molecule has 0 aliphatic heterocycles. The number of nitrogens with one attached hydrogen (secondary N) is 1. The Bertz CT molecular complexity index is 866. The summed E-state index contributed by atoms with van der Waals surface area (Å²) in [5, 5.41) is 4.19. The number of rotatable bonds is 6. The molecule has 2 aromatic carbocycles. The van der Waals surface area contributed by atoms with Gasteiger partial charge in [0.2, 0.25) is 5.91 Å². The molecule has 1 heterocycles. The summed E-state index contributed by atoms with van der Waals surface area (Å²) in [5.74, 6) is -0.522. The van der Waals surface area contributed by atoms with Crippen molar-refractivity contribution in [1.29, 1.82) is 0 Å². The molecule has 3 aromatic rings. The normalized spacial score (nSPS) is 12.0. The van der Waals surface area contributed by atoms with Crippen molar-refractivity contribution in [1.82, 2.24) is 5.32 Å². The van der Waals surface area contributed by atoms with Gasteiger partial charge in [-0.3, -0.25) is 9.59 Å². The van der Waals surface area contributed by atoms with Crippen molar-refractivity contribution in [3.8, 4) is 0 Å². The highest BCUT2D eigenvalue weighted by atomic mass is 32.1. The van der Waals surface area contributed by atoms with Gasteiger partial charge in [0, 0.05) is 10.3 Å². The molecule has 1 unspecified atom stereocenters. The van der Waals surface area contributed by atoms with Gasteiger partial charge in [-0.2, -0.15) is 0 Å². The molecule has 0 aliphatic rings. The first-order chi connectivity index (χ1) is 12.1. The Morgan fingerprint density at radius 2 is 1.84 bits per heavy atom. The highest BCUT2D eigenvalue weighted by molar-refractivity contribution is 7.20. The summed E-state index contributed by atoms with van der Waals surface area (Å²) < 4.78 is 1.10. The van der Waals surface area contributed by atoms with E-state index in [1.54, 1.807) is 12.1 Å². The number of fused-ring (bicyclic) bond motifs is 1. The smallest absolute Gasteiger partial charge is 0.261 e. The van der Waals surface area contributed by atoms with E-state index in [-0.39, 0.29) is 11.9 Å². The Kier molecular flexibility index (Phi) is 5.14. The van der Waals surface area contributed by atoms with Crippen LogP contribution in [0.4, 0.5) is 0 Å². The van der Waals surface area contributed by atoms with Crippen molar-refractivity contribution < 1.29 is 9.59 Å². The van der Waals surface area contributed by atoms with Crippen LogP contribution in [-0.2, 0) is 0 Å². The molecule has 3 N–H and O–H groups in total. The molecule has 1 aromatic heterocycles.